The van der Waals surface area contributed by atoms with Gasteiger partial charge in [0, 0.05) is 19.2 Å². The first-order valence-corrected chi connectivity index (χ1v) is 8.80. The van der Waals surface area contributed by atoms with E-state index in [0.717, 1.165) is 17.8 Å². The van der Waals surface area contributed by atoms with Gasteiger partial charge in [0.2, 0.25) is 5.91 Å². The summed E-state index contributed by atoms with van der Waals surface area (Å²) in [7, 11) is 1.65. The summed E-state index contributed by atoms with van der Waals surface area (Å²) in [4.78, 5) is 30.0. The van der Waals surface area contributed by atoms with Crippen LogP contribution in [0.1, 0.15) is 38.5 Å². The second-order valence-electron chi connectivity index (χ2n) is 7.50. The summed E-state index contributed by atoms with van der Waals surface area (Å²) >= 11 is 0. The number of amides is 1. The van der Waals surface area contributed by atoms with Gasteiger partial charge in [-0.05, 0) is 56.3 Å². The average Bonchev–Trinajstić information content (AvgIpc) is 2.52. The van der Waals surface area contributed by atoms with Crippen LogP contribution in [-0.2, 0) is 19.1 Å². The minimum absolute atomic E-state index is 0.104. The zero-order chi connectivity index (χ0) is 18.4. The molecule has 0 heterocycles. The first-order chi connectivity index (χ1) is 11.8. The van der Waals surface area contributed by atoms with Crippen LogP contribution in [0.3, 0.4) is 0 Å². The molecule has 0 aromatic heterocycles. The smallest absolute Gasteiger partial charge is 0.414 e. The van der Waals surface area contributed by atoms with Crippen molar-refractivity contribution in [2.24, 2.45) is 17.8 Å². The summed E-state index contributed by atoms with van der Waals surface area (Å²) in [6.07, 6.45) is 8.22. The maximum absolute atomic E-state index is 11.8. The summed E-state index contributed by atoms with van der Waals surface area (Å²) in [5.41, 5.74) is 0.285. The molecular formula is C17H28N2O6. The molecule has 0 saturated heterocycles. The zero-order valence-electron chi connectivity index (χ0n) is 14.6. The number of aliphatic carboxylic acids is 2. The van der Waals surface area contributed by atoms with E-state index in [-0.39, 0.29) is 11.4 Å². The molecule has 4 N–H and O–H groups in total. The van der Waals surface area contributed by atoms with Crippen LogP contribution < -0.4 is 10.6 Å². The number of hydrogen-bond donors (Lipinski definition) is 4. The van der Waals surface area contributed by atoms with Crippen molar-refractivity contribution >= 4 is 17.8 Å². The lowest BCUT2D eigenvalue weighted by atomic mass is 9.53. The summed E-state index contributed by atoms with van der Waals surface area (Å²) < 4.78 is 4.94. The average molecular weight is 356 g/mol. The predicted octanol–water partition coefficient (Wildman–Crippen LogP) is 0.463. The van der Waals surface area contributed by atoms with E-state index in [0.29, 0.717) is 19.7 Å². The molecule has 142 valence electrons. The first-order valence-electron chi connectivity index (χ1n) is 8.80. The number of hydrogen-bond acceptors (Lipinski definition) is 5. The van der Waals surface area contributed by atoms with Crippen molar-refractivity contribution in [2.75, 3.05) is 26.8 Å². The Balaban J connectivity index is 0.000000326. The Bertz CT molecular complexity index is 460. The second-order valence-corrected chi connectivity index (χ2v) is 7.50. The van der Waals surface area contributed by atoms with Crippen LogP contribution >= 0.6 is 0 Å². The molecule has 8 nitrogen and oxygen atoms in total. The predicted molar refractivity (Wildman–Crippen MR) is 89.1 cm³/mol. The van der Waals surface area contributed by atoms with Gasteiger partial charge in [-0.1, -0.05) is 0 Å². The summed E-state index contributed by atoms with van der Waals surface area (Å²) in [5, 5.41) is 21.3. The standard InChI is InChI=1S/C15H26N2O2.C2H2O4/c1-19-3-2-16-14(18)10-17-15-7-11-4-12(8-15)6-13(5-11)9-15;3-1(4)2(5)6/h11-13,17H,2-10H2,1H3,(H,16,18);(H,3,4)(H,5,6). The lowest BCUT2D eigenvalue weighted by molar-refractivity contribution is -0.159. The number of rotatable bonds is 6. The molecule has 1 amide bonds. The van der Waals surface area contributed by atoms with Crippen molar-refractivity contribution < 1.29 is 29.3 Å². The third-order valence-electron chi connectivity index (χ3n) is 5.47. The Hall–Kier alpha value is -1.67. The molecule has 4 aliphatic rings. The van der Waals surface area contributed by atoms with Gasteiger partial charge in [-0.25, -0.2) is 9.59 Å². The maximum atomic E-state index is 11.8. The monoisotopic (exact) mass is 356 g/mol. The highest BCUT2D eigenvalue weighted by molar-refractivity contribution is 6.27. The Kier molecular flexibility index (Phi) is 6.78. The fourth-order valence-electron chi connectivity index (χ4n) is 4.95. The van der Waals surface area contributed by atoms with E-state index < -0.39 is 11.9 Å². The van der Waals surface area contributed by atoms with Crippen LogP contribution in [0.4, 0.5) is 0 Å². The molecule has 0 atom stereocenters. The van der Waals surface area contributed by atoms with Crippen LogP contribution in [0.2, 0.25) is 0 Å². The summed E-state index contributed by atoms with van der Waals surface area (Å²) in [6, 6.07) is 0. The van der Waals surface area contributed by atoms with Crippen molar-refractivity contribution in [1.29, 1.82) is 0 Å². The lowest BCUT2D eigenvalue weighted by Gasteiger charge is -2.57. The van der Waals surface area contributed by atoms with Crippen molar-refractivity contribution in [3.8, 4) is 0 Å². The van der Waals surface area contributed by atoms with Gasteiger partial charge in [0.15, 0.2) is 0 Å². The molecule has 0 unspecified atom stereocenters. The van der Waals surface area contributed by atoms with E-state index in [1.165, 1.54) is 38.5 Å². The Morgan fingerprint density at radius 1 is 1.00 bits per heavy atom. The maximum Gasteiger partial charge on any atom is 0.414 e. The quantitative estimate of drug-likeness (QED) is 0.402. The molecule has 8 heteroatoms. The molecule has 0 aliphatic heterocycles. The third-order valence-corrected chi connectivity index (χ3v) is 5.47. The number of carboxylic acids is 2. The van der Waals surface area contributed by atoms with E-state index in [1.54, 1.807) is 7.11 Å². The van der Waals surface area contributed by atoms with Crippen molar-refractivity contribution in [1.82, 2.24) is 10.6 Å². The number of carbonyl (C=O) groups excluding carboxylic acids is 1. The van der Waals surface area contributed by atoms with E-state index >= 15 is 0 Å². The lowest BCUT2D eigenvalue weighted by Crippen LogP contribution is -2.59. The molecule has 25 heavy (non-hydrogen) atoms. The van der Waals surface area contributed by atoms with Gasteiger partial charge in [-0.15, -0.1) is 0 Å². The zero-order valence-corrected chi connectivity index (χ0v) is 14.6. The van der Waals surface area contributed by atoms with E-state index in [4.69, 9.17) is 24.5 Å². The van der Waals surface area contributed by atoms with Crippen LogP contribution in [-0.4, -0.2) is 60.4 Å². The van der Waals surface area contributed by atoms with E-state index in [9.17, 15) is 4.79 Å². The molecule has 4 fully saturated rings. The fraction of sp³-hybridized carbons (Fsp3) is 0.824. The minimum atomic E-state index is -1.82. The van der Waals surface area contributed by atoms with Crippen LogP contribution in [0.25, 0.3) is 0 Å². The van der Waals surface area contributed by atoms with Gasteiger partial charge >= 0.3 is 11.9 Å². The van der Waals surface area contributed by atoms with E-state index in [1.807, 2.05) is 0 Å². The van der Waals surface area contributed by atoms with Crippen molar-refractivity contribution in [3.63, 3.8) is 0 Å². The molecule has 0 aromatic carbocycles. The number of nitrogens with one attached hydrogen (secondary N) is 2. The highest BCUT2D eigenvalue weighted by Gasteiger charge is 2.50. The van der Waals surface area contributed by atoms with Gasteiger partial charge in [0.1, 0.15) is 0 Å². The molecule has 4 rings (SSSR count). The topological polar surface area (TPSA) is 125 Å². The summed E-state index contributed by atoms with van der Waals surface area (Å²) in [5.74, 6) is -0.765. The van der Waals surface area contributed by atoms with Gasteiger partial charge in [-0.3, -0.25) is 4.79 Å². The normalized spacial score (nSPS) is 31.8. The van der Waals surface area contributed by atoms with Gasteiger partial charge in [0.05, 0.1) is 13.2 Å². The fourth-order valence-corrected chi connectivity index (χ4v) is 4.95. The molecule has 0 aromatic rings. The SMILES string of the molecule is COCCNC(=O)CNC12CC3CC(CC(C3)C1)C2.O=C(O)C(=O)O. The number of carboxylic acid groups (broad SMARTS) is 2. The Morgan fingerprint density at radius 3 is 1.88 bits per heavy atom. The molecule has 0 radical (unpaired) electrons. The molecule has 4 aliphatic carbocycles. The van der Waals surface area contributed by atoms with Crippen molar-refractivity contribution in [2.45, 2.75) is 44.1 Å². The number of ether oxygens (including phenoxy) is 1. The van der Waals surface area contributed by atoms with Crippen LogP contribution in [0.15, 0.2) is 0 Å². The number of carbonyl (C=O) groups is 3. The highest BCUT2D eigenvalue weighted by atomic mass is 16.5. The Morgan fingerprint density at radius 2 is 1.48 bits per heavy atom. The third kappa shape index (κ3) is 5.67. The van der Waals surface area contributed by atoms with Crippen LogP contribution in [0.5, 0.6) is 0 Å². The molecule has 0 spiro atoms. The Labute approximate surface area is 147 Å². The number of methoxy groups -OCH3 is 1. The van der Waals surface area contributed by atoms with Gasteiger partial charge in [0.25, 0.3) is 0 Å². The largest absolute Gasteiger partial charge is 0.473 e. The van der Waals surface area contributed by atoms with Crippen LogP contribution in [0, 0.1) is 17.8 Å². The summed E-state index contributed by atoms with van der Waals surface area (Å²) in [6.45, 7) is 1.66. The van der Waals surface area contributed by atoms with E-state index in [2.05, 4.69) is 10.6 Å². The van der Waals surface area contributed by atoms with Crippen molar-refractivity contribution in [3.05, 3.63) is 0 Å². The highest BCUT2D eigenvalue weighted by Crippen LogP contribution is 2.55. The second kappa shape index (κ2) is 8.62. The molecule has 4 bridgehead atoms. The van der Waals surface area contributed by atoms with Gasteiger partial charge < -0.3 is 25.6 Å². The van der Waals surface area contributed by atoms with Gasteiger partial charge in [-0.2, -0.15) is 0 Å². The molecular weight excluding hydrogens is 328 g/mol. The minimum Gasteiger partial charge on any atom is -0.473 e. The molecule has 4 saturated carbocycles. The first kappa shape index (κ1) is 19.7.